The number of nitrogens with one attached hydrogen (secondary N) is 1. The third-order valence-corrected chi connectivity index (χ3v) is 4.61. The minimum absolute atomic E-state index is 0.336. The summed E-state index contributed by atoms with van der Waals surface area (Å²) in [5.74, 6) is -0.903. The van der Waals surface area contributed by atoms with Gasteiger partial charge in [-0.1, -0.05) is 42.5 Å². The largest absolute Gasteiger partial charge is 0.478 e. The number of aryl methyl sites for hydroxylation is 2. The van der Waals surface area contributed by atoms with Crippen LogP contribution in [-0.2, 0) is 13.0 Å². The first-order valence-electron chi connectivity index (χ1n) is 8.61. The molecular weight excluding hydrogens is 326 g/mol. The van der Waals surface area contributed by atoms with Crippen LogP contribution < -0.4 is 0 Å². The third-order valence-electron chi connectivity index (χ3n) is 4.61. The minimum Gasteiger partial charge on any atom is -0.478 e. The maximum absolute atomic E-state index is 11.8. The zero-order chi connectivity index (χ0) is 17.9. The van der Waals surface area contributed by atoms with Gasteiger partial charge in [-0.25, -0.2) is 9.78 Å². The van der Waals surface area contributed by atoms with Gasteiger partial charge in [-0.2, -0.15) is 0 Å². The standard InChI is InChI=1S/C21H19N3O2/c25-21(26)20-13-24(10-4-7-16-11-22-14-23-16)12-19(20)18-9-3-6-15-5-1-2-8-17(15)18/h1-3,5-6,8-9,11-14H,4,7,10H2,(H,22,23)(H,25,26). The van der Waals surface area contributed by atoms with Gasteiger partial charge in [0.25, 0.3) is 0 Å². The third kappa shape index (κ3) is 3.11. The average Bonchev–Trinajstić information content (AvgIpc) is 3.31. The second-order valence-corrected chi connectivity index (χ2v) is 6.34. The molecule has 4 rings (SSSR count). The highest BCUT2D eigenvalue weighted by atomic mass is 16.4. The second kappa shape index (κ2) is 6.88. The average molecular weight is 345 g/mol. The number of hydrogen-bond acceptors (Lipinski definition) is 2. The summed E-state index contributed by atoms with van der Waals surface area (Å²) >= 11 is 0. The highest BCUT2D eigenvalue weighted by molar-refractivity contribution is 6.03. The maximum Gasteiger partial charge on any atom is 0.337 e. The number of rotatable bonds is 6. The van der Waals surface area contributed by atoms with E-state index in [0.717, 1.165) is 47.0 Å². The Balaban J connectivity index is 1.66. The lowest BCUT2D eigenvalue weighted by molar-refractivity contribution is 0.0697. The Morgan fingerprint density at radius 3 is 2.73 bits per heavy atom. The predicted octanol–water partition coefficient (Wildman–Crippen LogP) is 4.36. The van der Waals surface area contributed by atoms with Crippen LogP contribution in [0.3, 0.4) is 0 Å². The molecule has 2 heterocycles. The number of hydrogen-bond donors (Lipinski definition) is 2. The van der Waals surface area contributed by atoms with Crippen LogP contribution in [0.1, 0.15) is 22.5 Å². The first kappa shape index (κ1) is 16.1. The van der Waals surface area contributed by atoms with Crippen LogP contribution in [0.2, 0.25) is 0 Å². The van der Waals surface area contributed by atoms with Gasteiger partial charge >= 0.3 is 5.97 Å². The van der Waals surface area contributed by atoms with Gasteiger partial charge in [-0.3, -0.25) is 0 Å². The molecule has 26 heavy (non-hydrogen) atoms. The van der Waals surface area contributed by atoms with E-state index in [9.17, 15) is 9.90 Å². The Kier molecular flexibility index (Phi) is 4.27. The number of imidazole rings is 1. The van der Waals surface area contributed by atoms with E-state index in [1.165, 1.54) is 0 Å². The molecule has 0 amide bonds. The summed E-state index contributed by atoms with van der Waals surface area (Å²) in [7, 11) is 0. The summed E-state index contributed by atoms with van der Waals surface area (Å²) in [5, 5.41) is 11.8. The van der Waals surface area contributed by atoms with Crippen molar-refractivity contribution < 1.29 is 9.90 Å². The van der Waals surface area contributed by atoms with E-state index in [1.54, 1.807) is 12.5 Å². The van der Waals surface area contributed by atoms with Crippen LogP contribution in [0, 0.1) is 0 Å². The molecule has 130 valence electrons. The Morgan fingerprint density at radius 2 is 1.92 bits per heavy atom. The fourth-order valence-electron chi connectivity index (χ4n) is 3.36. The molecule has 0 saturated heterocycles. The fourth-order valence-corrected chi connectivity index (χ4v) is 3.36. The summed E-state index contributed by atoms with van der Waals surface area (Å²) in [5.41, 5.74) is 3.14. The number of fused-ring (bicyclic) bond motifs is 1. The van der Waals surface area contributed by atoms with E-state index >= 15 is 0 Å². The SMILES string of the molecule is O=C(O)c1cn(CCCc2cnc[nH]2)cc1-c1cccc2ccccc12. The molecule has 2 aromatic carbocycles. The van der Waals surface area contributed by atoms with Crippen molar-refractivity contribution in [1.82, 2.24) is 14.5 Å². The van der Waals surface area contributed by atoms with Crippen molar-refractivity contribution in [3.05, 3.63) is 78.6 Å². The maximum atomic E-state index is 11.8. The lowest BCUT2D eigenvalue weighted by Crippen LogP contribution is -1.98. The smallest absolute Gasteiger partial charge is 0.337 e. The molecule has 0 aliphatic rings. The Bertz CT molecular complexity index is 1040. The number of aromatic amines is 1. The Hall–Kier alpha value is -3.34. The molecule has 2 N–H and O–H groups in total. The first-order valence-corrected chi connectivity index (χ1v) is 8.61. The summed E-state index contributed by atoms with van der Waals surface area (Å²) < 4.78 is 1.97. The fraction of sp³-hybridized carbons (Fsp3) is 0.143. The highest BCUT2D eigenvalue weighted by Gasteiger charge is 2.16. The summed E-state index contributed by atoms with van der Waals surface area (Å²) in [6.07, 6.45) is 8.95. The van der Waals surface area contributed by atoms with Crippen LogP contribution in [0.5, 0.6) is 0 Å². The van der Waals surface area contributed by atoms with Gasteiger partial charge < -0.3 is 14.7 Å². The van der Waals surface area contributed by atoms with Crippen molar-refractivity contribution in [2.45, 2.75) is 19.4 Å². The van der Waals surface area contributed by atoms with E-state index in [1.807, 2.05) is 59.4 Å². The number of carbonyl (C=O) groups is 1. The minimum atomic E-state index is -0.903. The second-order valence-electron chi connectivity index (χ2n) is 6.34. The van der Waals surface area contributed by atoms with Crippen molar-refractivity contribution in [3.63, 3.8) is 0 Å². The van der Waals surface area contributed by atoms with Crippen LogP contribution in [0.4, 0.5) is 0 Å². The summed E-state index contributed by atoms with van der Waals surface area (Å²) in [4.78, 5) is 18.9. The van der Waals surface area contributed by atoms with Crippen molar-refractivity contribution in [2.24, 2.45) is 0 Å². The topological polar surface area (TPSA) is 70.9 Å². The van der Waals surface area contributed by atoms with Gasteiger partial charge in [0.1, 0.15) is 0 Å². The number of carboxylic acids is 1. The molecule has 0 bridgehead atoms. The number of carboxylic acid groups (broad SMARTS) is 1. The normalized spacial score (nSPS) is 11.1. The van der Waals surface area contributed by atoms with Gasteiger partial charge in [0, 0.05) is 36.4 Å². The summed E-state index contributed by atoms with van der Waals surface area (Å²) in [6.45, 7) is 0.754. The van der Waals surface area contributed by atoms with Crippen LogP contribution in [0.15, 0.2) is 67.4 Å². The quantitative estimate of drug-likeness (QED) is 0.545. The molecule has 0 saturated carbocycles. The molecule has 0 unspecified atom stereocenters. The molecule has 2 aromatic heterocycles. The van der Waals surface area contributed by atoms with Gasteiger partial charge in [0.05, 0.1) is 11.9 Å². The van der Waals surface area contributed by atoms with Crippen LogP contribution >= 0.6 is 0 Å². The Labute approximate surface area is 150 Å². The molecule has 5 heteroatoms. The van der Waals surface area contributed by atoms with Gasteiger partial charge in [-0.15, -0.1) is 0 Å². The van der Waals surface area contributed by atoms with Gasteiger partial charge in [0.2, 0.25) is 0 Å². The van der Waals surface area contributed by atoms with E-state index in [-0.39, 0.29) is 0 Å². The van der Waals surface area contributed by atoms with E-state index in [2.05, 4.69) is 9.97 Å². The lowest BCUT2D eigenvalue weighted by Gasteiger charge is -2.06. The molecule has 0 spiro atoms. The number of H-pyrrole nitrogens is 1. The van der Waals surface area contributed by atoms with Crippen LogP contribution in [-0.4, -0.2) is 25.6 Å². The molecule has 0 radical (unpaired) electrons. The number of aromatic carboxylic acids is 1. The first-order chi connectivity index (χ1) is 12.7. The molecule has 4 aromatic rings. The zero-order valence-electron chi connectivity index (χ0n) is 14.2. The predicted molar refractivity (Wildman–Crippen MR) is 101 cm³/mol. The Morgan fingerprint density at radius 1 is 1.08 bits per heavy atom. The van der Waals surface area contributed by atoms with E-state index in [4.69, 9.17) is 0 Å². The molecule has 0 fully saturated rings. The highest BCUT2D eigenvalue weighted by Crippen LogP contribution is 2.32. The molecular formula is C21H19N3O2. The molecule has 0 aliphatic carbocycles. The van der Waals surface area contributed by atoms with Crippen molar-refractivity contribution >= 4 is 16.7 Å². The zero-order valence-corrected chi connectivity index (χ0v) is 14.2. The summed E-state index contributed by atoms with van der Waals surface area (Å²) in [6, 6.07) is 14.0. The lowest BCUT2D eigenvalue weighted by atomic mass is 9.98. The van der Waals surface area contributed by atoms with E-state index < -0.39 is 5.97 Å². The number of aromatic nitrogens is 3. The number of nitrogens with zero attached hydrogens (tertiary/aromatic N) is 2. The van der Waals surface area contributed by atoms with Crippen molar-refractivity contribution in [3.8, 4) is 11.1 Å². The van der Waals surface area contributed by atoms with E-state index in [0.29, 0.717) is 5.56 Å². The van der Waals surface area contributed by atoms with Gasteiger partial charge in [-0.05, 0) is 29.2 Å². The monoisotopic (exact) mass is 345 g/mol. The van der Waals surface area contributed by atoms with Crippen LogP contribution in [0.25, 0.3) is 21.9 Å². The van der Waals surface area contributed by atoms with Gasteiger partial charge in [0.15, 0.2) is 0 Å². The molecule has 0 aliphatic heterocycles. The number of benzene rings is 2. The molecule has 0 atom stereocenters. The van der Waals surface area contributed by atoms with Crippen molar-refractivity contribution in [1.29, 1.82) is 0 Å². The molecule has 5 nitrogen and oxygen atoms in total. The van der Waals surface area contributed by atoms with Crippen molar-refractivity contribution in [2.75, 3.05) is 0 Å².